The van der Waals surface area contributed by atoms with Gasteiger partial charge in [0, 0.05) is 18.8 Å². The molecule has 0 saturated carbocycles. The molecule has 0 aliphatic carbocycles. The van der Waals surface area contributed by atoms with Crippen LogP contribution in [0.2, 0.25) is 5.02 Å². The molecule has 0 radical (unpaired) electrons. The topological polar surface area (TPSA) is 62.7 Å². The first-order valence-corrected chi connectivity index (χ1v) is 5.79. The van der Waals surface area contributed by atoms with Gasteiger partial charge >= 0.3 is 6.09 Å². The van der Waals surface area contributed by atoms with Crippen LogP contribution in [0.1, 0.15) is 12.8 Å². The number of carboxylic acid groups (broad SMARTS) is 1. The van der Waals surface area contributed by atoms with Crippen molar-refractivity contribution < 1.29 is 14.6 Å². The standard InChI is InChI=1S/C11H13ClN2O3/c12-8-3-4-10(13-6-8)17-9-2-1-5-14(7-9)11(15)16/h3-4,6,9H,1-2,5,7H2,(H,15,16). The number of nitrogens with zero attached hydrogens (tertiary/aromatic N) is 2. The summed E-state index contributed by atoms with van der Waals surface area (Å²) < 4.78 is 5.62. The Hall–Kier alpha value is -1.49. The van der Waals surface area contributed by atoms with Crippen molar-refractivity contribution in [1.29, 1.82) is 0 Å². The van der Waals surface area contributed by atoms with Gasteiger partial charge in [0.05, 0.1) is 11.6 Å². The largest absolute Gasteiger partial charge is 0.472 e. The van der Waals surface area contributed by atoms with Crippen LogP contribution in [0.25, 0.3) is 0 Å². The smallest absolute Gasteiger partial charge is 0.407 e. The zero-order valence-corrected chi connectivity index (χ0v) is 9.93. The molecule has 6 heteroatoms. The van der Waals surface area contributed by atoms with E-state index in [4.69, 9.17) is 21.4 Å². The molecule has 1 fully saturated rings. The fraction of sp³-hybridized carbons (Fsp3) is 0.455. The molecule has 1 aromatic heterocycles. The third kappa shape index (κ3) is 3.23. The molecule has 1 N–H and O–H groups in total. The number of piperidine rings is 1. The molecular formula is C11H13ClN2O3. The predicted octanol–water partition coefficient (Wildman–Crippen LogP) is 2.26. The van der Waals surface area contributed by atoms with Crippen LogP contribution in [0.5, 0.6) is 5.88 Å². The number of amides is 1. The van der Waals surface area contributed by atoms with Crippen LogP contribution in [-0.2, 0) is 0 Å². The summed E-state index contributed by atoms with van der Waals surface area (Å²) >= 11 is 5.72. The van der Waals surface area contributed by atoms with Crippen LogP contribution in [0.4, 0.5) is 4.79 Å². The van der Waals surface area contributed by atoms with Gasteiger partial charge in [-0.3, -0.25) is 0 Å². The lowest BCUT2D eigenvalue weighted by atomic mass is 10.1. The zero-order chi connectivity index (χ0) is 12.3. The lowest BCUT2D eigenvalue weighted by molar-refractivity contribution is 0.0767. The Morgan fingerprint density at radius 2 is 2.41 bits per heavy atom. The number of pyridine rings is 1. The number of rotatable bonds is 2. The number of carbonyl (C=O) groups is 1. The molecule has 0 spiro atoms. The Balaban J connectivity index is 1.94. The highest BCUT2D eigenvalue weighted by atomic mass is 35.5. The monoisotopic (exact) mass is 256 g/mol. The van der Waals surface area contributed by atoms with E-state index >= 15 is 0 Å². The first-order chi connectivity index (χ1) is 8.15. The van der Waals surface area contributed by atoms with Gasteiger partial charge in [-0.15, -0.1) is 0 Å². The van der Waals surface area contributed by atoms with Gasteiger partial charge in [0.1, 0.15) is 6.10 Å². The molecule has 1 aliphatic heterocycles. The average molecular weight is 257 g/mol. The summed E-state index contributed by atoms with van der Waals surface area (Å²) in [5.41, 5.74) is 0. The molecule has 17 heavy (non-hydrogen) atoms. The van der Waals surface area contributed by atoms with Crippen molar-refractivity contribution in [3.8, 4) is 5.88 Å². The maximum Gasteiger partial charge on any atom is 0.407 e. The lowest BCUT2D eigenvalue weighted by Crippen LogP contribution is -2.43. The van der Waals surface area contributed by atoms with Crippen molar-refractivity contribution in [2.24, 2.45) is 0 Å². The van der Waals surface area contributed by atoms with E-state index in [1.807, 2.05) is 0 Å². The first kappa shape index (κ1) is 12.0. The van der Waals surface area contributed by atoms with Gasteiger partial charge in [-0.1, -0.05) is 11.6 Å². The van der Waals surface area contributed by atoms with Crippen molar-refractivity contribution in [3.63, 3.8) is 0 Å². The van der Waals surface area contributed by atoms with Crippen LogP contribution in [0, 0.1) is 0 Å². The normalized spacial score (nSPS) is 20.1. The van der Waals surface area contributed by atoms with E-state index in [1.165, 1.54) is 11.1 Å². The van der Waals surface area contributed by atoms with E-state index in [0.29, 0.717) is 24.0 Å². The van der Waals surface area contributed by atoms with Gasteiger partial charge in [-0.05, 0) is 18.9 Å². The summed E-state index contributed by atoms with van der Waals surface area (Å²) in [4.78, 5) is 16.2. The molecule has 92 valence electrons. The van der Waals surface area contributed by atoms with Crippen LogP contribution < -0.4 is 4.74 Å². The maximum atomic E-state index is 10.8. The Kier molecular flexibility index (Phi) is 3.68. The zero-order valence-electron chi connectivity index (χ0n) is 9.17. The second kappa shape index (κ2) is 5.23. The molecule has 0 aromatic carbocycles. The summed E-state index contributed by atoms with van der Waals surface area (Å²) in [5.74, 6) is 0.478. The number of aromatic nitrogens is 1. The quantitative estimate of drug-likeness (QED) is 0.882. The van der Waals surface area contributed by atoms with Crippen LogP contribution in [0.3, 0.4) is 0 Å². The molecule has 0 bridgehead atoms. The van der Waals surface area contributed by atoms with Gasteiger partial charge in [0.25, 0.3) is 0 Å². The molecule has 1 saturated heterocycles. The van der Waals surface area contributed by atoms with Gasteiger partial charge in [0.15, 0.2) is 0 Å². The van der Waals surface area contributed by atoms with Crippen molar-refractivity contribution in [2.45, 2.75) is 18.9 Å². The Morgan fingerprint density at radius 3 is 3.06 bits per heavy atom. The van der Waals surface area contributed by atoms with Gasteiger partial charge in [-0.2, -0.15) is 0 Å². The van der Waals surface area contributed by atoms with Crippen LogP contribution >= 0.6 is 11.6 Å². The minimum absolute atomic E-state index is 0.131. The summed E-state index contributed by atoms with van der Waals surface area (Å²) in [6, 6.07) is 3.38. The minimum Gasteiger partial charge on any atom is -0.472 e. The van der Waals surface area contributed by atoms with Crippen molar-refractivity contribution in [1.82, 2.24) is 9.88 Å². The number of hydrogen-bond donors (Lipinski definition) is 1. The van der Waals surface area contributed by atoms with Gasteiger partial charge in [-0.25, -0.2) is 9.78 Å². The highest BCUT2D eigenvalue weighted by molar-refractivity contribution is 6.30. The van der Waals surface area contributed by atoms with E-state index in [0.717, 1.165) is 12.8 Å². The lowest BCUT2D eigenvalue weighted by Gasteiger charge is -2.30. The number of hydrogen-bond acceptors (Lipinski definition) is 3. The SMILES string of the molecule is O=C(O)N1CCCC(Oc2ccc(Cl)cn2)C1. The Bertz CT molecular complexity index is 396. The van der Waals surface area contributed by atoms with E-state index in [2.05, 4.69) is 4.98 Å². The van der Waals surface area contributed by atoms with Crippen molar-refractivity contribution >= 4 is 17.7 Å². The summed E-state index contributed by atoms with van der Waals surface area (Å²) in [5, 5.41) is 9.45. The first-order valence-electron chi connectivity index (χ1n) is 5.41. The summed E-state index contributed by atoms with van der Waals surface area (Å²) in [6.07, 6.45) is 2.13. The minimum atomic E-state index is -0.901. The van der Waals surface area contributed by atoms with Crippen molar-refractivity contribution in [2.75, 3.05) is 13.1 Å². The van der Waals surface area contributed by atoms with Crippen LogP contribution in [0.15, 0.2) is 18.3 Å². The predicted molar refractivity (Wildman–Crippen MR) is 62.5 cm³/mol. The number of ether oxygens (including phenoxy) is 1. The third-order valence-corrected chi connectivity index (χ3v) is 2.86. The second-order valence-electron chi connectivity index (χ2n) is 3.93. The maximum absolute atomic E-state index is 10.8. The molecular weight excluding hydrogens is 244 g/mol. The van der Waals surface area contributed by atoms with Gasteiger partial charge < -0.3 is 14.7 Å². The van der Waals surface area contributed by atoms with E-state index < -0.39 is 6.09 Å². The molecule has 1 aliphatic rings. The molecule has 1 aromatic rings. The van der Waals surface area contributed by atoms with Gasteiger partial charge in [0.2, 0.25) is 5.88 Å². The van der Waals surface area contributed by atoms with Crippen molar-refractivity contribution in [3.05, 3.63) is 23.4 Å². The molecule has 1 unspecified atom stereocenters. The highest BCUT2D eigenvalue weighted by Gasteiger charge is 2.24. The molecule has 5 nitrogen and oxygen atoms in total. The fourth-order valence-electron chi connectivity index (χ4n) is 1.81. The number of likely N-dealkylation sites (tertiary alicyclic amines) is 1. The average Bonchev–Trinajstić information content (AvgIpc) is 2.32. The summed E-state index contributed by atoms with van der Waals surface area (Å²) in [7, 11) is 0. The van der Waals surface area contributed by atoms with Crippen LogP contribution in [-0.4, -0.2) is 40.3 Å². The molecule has 2 heterocycles. The van der Waals surface area contributed by atoms with E-state index in [-0.39, 0.29) is 6.10 Å². The summed E-state index contributed by atoms with van der Waals surface area (Å²) in [6.45, 7) is 0.961. The Labute approximate surface area is 104 Å². The van der Waals surface area contributed by atoms with E-state index in [1.54, 1.807) is 12.1 Å². The molecule has 2 rings (SSSR count). The third-order valence-electron chi connectivity index (χ3n) is 2.64. The fourth-order valence-corrected chi connectivity index (χ4v) is 1.92. The number of halogens is 1. The second-order valence-corrected chi connectivity index (χ2v) is 4.36. The molecule has 1 atom stereocenters. The Morgan fingerprint density at radius 1 is 1.59 bits per heavy atom. The van der Waals surface area contributed by atoms with E-state index in [9.17, 15) is 4.79 Å². The molecule has 1 amide bonds. The highest BCUT2D eigenvalue weighted by Crippen LogP contribution is 2.18.